The van der Waals surface area contributed by atoms with E-state index in [1.54, 1.807) is 49.6 Å². The first-order valence-electron chi connectivity index (χ1n) is 15.4. The third-order valence-corrected chi connectivity index (χ3v) is 10.6. The molecule has 45 heavy (non-hydrogen) atoms. The van der Waals surface area contributed by atoms with E-state index in [1.807, 2.05) is 12.1 Å². The number of amides is 2. The van der Waals surface area contributed by atoms with Crippen LogP contribution in [0.1, 0.15) is 58.4 Å². The van der Waals surface area contributed by atoms with Gasteiger partial charge in [-0.3, -0.25) is 14.5 Å². The van der Waals surface area contributed by atoms with E-state index in [2.05, 4.69) is 20.1 Å². The van der Waals surface area contributed by atoms with Crippen molar-refractivity contribution in [3.63, 3.8) is 0 Å². The molecular formula is C34H32Cl2FN5O3. The van der Waals surface area contributed by atoms with Gasteiger partial charge in [-0.2, -0.15) is 0 Å². The molecular weight excluding hydrogens is 616 g/mol. The molecule has 8 nitrogen and oxygen atoms in total. The first kappa shape index (κ1) is 28.9. The Bertz CT molecular complexity index is 1880. The van der Waals surface area contributed by atoms with Crippen molar-refractivity contribution in [3.05, 3.63) is 93.0 Å². The minimum Gasteiger partial charge on any atom is -0.383 e. The van der Waals surface area contributed by atoms with Crippen molar-refractivity contribution in [1.82, 2.24) is 19.8 Å². The summed E-state index contributed by atoms with van der Waals surface area (Å²) in [5, 5.41) is 6.53. The molecule has 1 saturated carbocycles. The second kappa shape index (κ2) is 10.8. The number of benzene rings is 3. The van der Waals surface area contributed by atoms with E-state index in [0.717, 1.165) is 42.7 Å². The van der Waals surface area contributed by atoms with Gasteiger partial charge >= 0.3 is 0 Å². The smallest absolute Gasteiger partial charge is 0.251 e. The normalized spacial score (nSPS) is 25.3. The highest BCUT2D eigenvalue weighted by Gasteiger charge is 2.69. The molecule has 8 rings (SSSR count). The molecule has 0 unspecified atom stereocenters. The summed E-state index contributed by atoms with van der Waals surface area (Å²) in [6.07, 6.45) is 2.96. The zero-order valence-corrected chi connectivity index (χ0v) is 26.2. The van der Waals surface area contributed by atoms with Gasteiger partial charge < -0.3 is 19.9 Å². The Labute approximate surface area is 269 Å². The van der Waals surface area contributed by atoms with Crippen molar-refractivity contribution in [2.24, 2.45) is 5.92 Å². The highest BCUT2D eigenvalue weighted by molar-refractivity contribution is 6.31. The Morgan fingerprint density at radius 3 is 2.80 bits per heavy atom. The lowest BCUT2D eigenvalue weighted by Gasteiger charge is -2.40. The number of hydrogen-bond donors (Lipinski definition) is 2. The molecule has 3 aromatic carbocycles. The molecule has 2 amide bonds. The second-order valence-electron chi connectivity index (χ2n) is 12.6. The van der Waals surface area contributed by atoms with Gasteiger partial charge in [0.15, 0.2) is 0 Å². The minimum absolute atomic E-state index is 0.0167. The summed E-state index contributed by atoms with van der Waals surface area (Å²) >= 11 is 12.8. The van der Waals surface area contributed by atoms with E-state index in [9.17, 15) is 9.59 Å². The third kappa shape index (κ3) is 4.35. The number of fused-ring (bicyclic) bond motifs is 7. The number of rotatable bonds is 7. The molecule has 1 aromatic heterocycles. The van der Waals surface area contributed by atoms with E-state index in [1.165, 1.54) is 0 Å². The molecule has 4 atom stereocenters. The molecule has 4 aliphatic rings. The zero-order chi connectivity index (χ0) is 31.0. The summed E-state index contributed by atoms with van der Waals surface area (Å²) in [5.74, 6) is -0.611. The van der Waals surface area contributed by atoms with Gasteiger partial charge in [-0.25, -0.2) is 9.37 Å². The van der Waals surface area contributed by atoms with Gasteiger partial charge in [0.25, 0.3) is 5.91 Å². The summed E-state index contributed by atoms with van der Waals surface area (Å²) in [4.78, 5) is 35.0. The maximum Gasteiger partial charge on any atom is 0.251 e. The highest BCUT2D eigenvalue weighted by Crippen LogP contribution is 2.64. The molecule has 1 aliphatic carbocycles. The number of anilines is 1. The van der Waals surface area contributed by atoms with Crippen LogP contribution in [0, 0.1) is 11.7 Å². The molecule has 3 aliphatic heterocycles. The van der Waals surface area contributed by atoms with Crippen molar-refractivity contribution in [2.45, 2.75) is 49.2 Å². The number of ether oxygens (including phenoxy) is 1. The molecule has 1 spiro atoms. The van der Waals surface area contributed by atoms with Crippen LogP contribution >= 0.6 is 23.2 Å². The fourth-order valence-electron chi connectivity index (χ4n) is 8.11. The zero-order valence-electron chi connectivity index (χ0n) is 24.7. The van der Waals surface area contributed by atoms with Gasteiger partial charge in [0.05, 0.1) is 22.7 Å². The van der Waals surface area contributed by atoms with Crippen LogP contribution in [0.3, 0.4) is 0 Å². The largest absolute Gasteiger partial charge is 0.383 e. The van der Waals surface area contributed by atoms with Gasteiger partial charge in [-0.15, -0.1) is 0 Å². The SMILES string of the molecule is COCCNC(=O)c1ccc2c(c1)nc1n2CC[C@H]2[C@@H]1[C@H](c1cccc(Cl)c1F)[C@]1(C(=O)Nc3cc(Cl)ccc31)N2CC1CC1. The Balaban J connectivity index is 1.34. The number of likely N-dealkylation sites (tertiary alicyclic amines) is 1. The van der Waals surface area contributed by atoms with Crippen LogP contribution in [0.5, 0.6) is 0 Å². The Kier molecular flexibility index (Phi) is 6.94. The third-order valence-electron chi connectivity index (χ3n) is 10.1. The van der Waals surface area contributed by atoms with Crippen molar-refractivity contribution >= 4 is 51.7 Å². The predicted molar refractivity (Wildman–Crippen MR) is 170 cm³/mol. The molecule has 2 N–H and O–H groups in total. The summed E-state index contributed by atoms with van der Waals surface area (Å²) in [6.45, 7) is 2.22. The topological polar surface area (TPSA) is 88.5 Å². The number of hydrogen-bond acceptors (Lipinski definition) is 5. The lowest BCUT2D eigenvalue weighted by molar-refractivity contribution is -0.128. The minimum atomic E-state index is -1.19. The summed E-state index contributed by atoms with van der Waals surface area (Å²) in [5.41, 5.74) is 2.75. The van der Waals surface area contributed by atoms with E-state index in [0.29, 0.717) is 53.0 Å². The van der Waals surface area contributed by atoms with E-state index in [-0.39, 0.29) is 28.8 Å². The Morgan fingerprint density at radius 1 is 1.16 bits per heavy atom. The number of carbonyl (C=O) groups is 2. The van der Waals surface area contributed by atoms with Gasteiger partial charge in [0, 0.05) is 66.5 Å². The van der Waals surface area contributed by atoms with Crippen LogP contribution in [0.2, 0.25) is 10.0 Å². The number of halogens is 3. The lowest BCUT2D eigenvalue weighted by atomic mass is 9.70. The van der Waals surface area contributed by atoms with E-state index >= 15 is 4.39 Å². The molecule has 4 heterocycles. The number of methoxy groups -OCH3 is 1. The maximum atomic E-state index is 16.3. The maximum absolute atomic E-state index is 16.3. The summed E-state index contributed by atoms with van der Waals surface area (Å²) < 4.78 is 23.5. The number of nitrogens with one attached hydrogen (secondary N) is 2. The fourth-order valence-corrected chi connectivity index (χ4v) is 8.46. The molecule has 1 saturated heterocycles. The standard InChI is InChI=1S/C34H32Cl2FN5O3/c1-45-14-12-38-32(43)19-7-10-26-25(15-19)39-31-28-27(11-13-41(26)31)42(17-18-5-6-18)34(29(28)21-3-2-4-23(36)30(21)37)22-9-8-20(35)16-24(22)40-33(34)44/h2-4,7-10,15-16,18,27-29H,5-6,11-14,17H2,1H3,(H,38,43)(H,40,44)/t27-,28+,29-,34+/m0/s1. The molecule has 4 aromatic rings. The van der Waals surface area contributed by atoms with Crippen molar-refractivity contribution in [3.8, 4) is 0 Å². The number of aromatic nitrogens is 2. The quantitative estimate of drug-likeness (QED) is 0.238. The first-order chi connectivity index (χ1) is 21.8. The van der Waals surface area contributed by atoms with Crippen LogP contribution in [0.25, 0.3) is 11.0 Å². The van der Waals surface area contributed by atoms with Gasteiger partial charge in [0.1, 0.15) is 17.2 Å². The number of nitrogens with zero attached hydrogens (tertiary/aromatic N) is 3. The lowest BCUT2D eigenvalue weighted by Crippen LogP contribution is -2.53. The molecule has 0 radical (unpaired) electrons. The Morgan fingerprint density at radius 2 is 2.00 bits per heavy atom. The number of imidazole rings is 1. The van der Waals surface area contributed by atoms with Gasteiger partial charge in [0.2, 0.25) is 5.91 Å². The molecule has 2 fully saturated rings. The van der Waals surface area contributed by atoms with Crippen LogP contribution in [-0.2, 0) is 21.6 Å². The van der Waals surface area contributed by atoms with Gasteiger partial charge in [-0.1, -0.05) is 41.4 Å². The van der Waals surface area contributed by atoms with Gasteiger partial charge in [-0.05, 0) is 67.1 Å². The molecule has 11 heteroatoms. The monoisotopic (exact) mass is 647 g/mol. The number of aryl methyl sites for hydroxylation is 1. The average molecular weight is 649 g/mol. The van der Waals surface area contributed by atoms with Crippen LogP contribution in [-0.4, -0.2) is 59.1 Å². The van der Waals surface area contributed by atoms with Crippen molar-refractivity contribution in [1.29, 1.82) is 0 Å². The fraction of sp³-hybridized carbons (Fsp3) is 0.382. The highest BCUT2D eigenvalue weighted by atomic mass is 35.5. The second-order valence-corrected chi connectivity index (χ2v) is 13.4. The van der Waals surface area contributed by atoms with Crippen LogP contribution < -0.4 is 10.6 Å². The molecule has 0 bridgehead atoms. The van der Waals surface area contributed by atoms with Crippen molar-refractivity contribution in [2.75, 3.05) is 32.1 Å². The Hall–Kier alpha value is -3.50. The summed E-state index contributed by atoms with van der Waals surface area (Å²) in [7, 11) is 1.59. The van der Waals surface area contributed by atoms with E-state index < -0.39 is 17.3 Å². The van der Waals surface area contributed by atoms with Crippen LogP contribution in [0.4, 0.5) is 10.1 Å². The average Bonchev–Trinajstić information content (AvgIpc) is 3.62. The molecule has 232 valence electrons. The predicted octanol–water partition coefficient (Wildman–Crippen LogP) is 6.07. The number of carbonyl (C=O) groups excluding carboxylic acids is 2. The van der Waals surface area contributed by atoms with E-state index in [4.69, 9.17) is 32.9 Å². The van der Waals surface area contributed by atoms with Crippen molar-refractivity contribution < 1.29 is 18.7 Å². The summed E-state index contributed by atoms with van der Waals surface area (Å²) in [6, 6.07) is 16.0. The first-order valence-corrected chi connectivity index (χ1v) is 16.2. The van der Waals surface area contributed by atoms with Crippen LogP contribution in [0.15, 0.2) is 54.6 Å².